The van der Waals surface area contributed by atoms with E-state index in [1.54, 1.807) is 0 Å². The third-order valence-corrected chi connectivity index (χ3v) is 3.89. The summed E-state index contributed by atoms with van der Waals surface area (Å²) in [6, 6.07) is 8.29. The molecule has 1 aliphatic rings. The Bertz CT molecular complexity index is 311. The number of benzene rings is 1. The molecule has 1 fully saturated rings. The van der Waals surface area contributed by atoms with E-state index in [1.807, 2.05) is 0 Å². The molecule has 1 aliphatic carbocycles. The lowest BCUT2D eigenvalue weighted by Crippen LogP contribution is -2.42. The summed E-state index contributed by atoms with van der Waals surface area (Å²) in [6.07, 6.45) is 3.87. The highest BCUT2D eigenvalue weighted by Crippen LogP contribution is 2.39. The first-order chi connectivity index (χ1) is 7.24. The van der Waals surface area contributed by atoms with Crippen LogP contribution in [0, 0.1) is 5.41 Å². The Kier molecular flexibility index (Phi) is 3.32. The van der Waals surface area contributed by atoms with Gasteiger partial charge >= 0.3 is 0 Å². The second-order valence-corrected chi connectivity index (χ2v) is 5.33. The largest absolute Gasteiger partial charge is 0.384 e. The number of hydrogen-bond donors (Lipinski definition) is 2. The molecule has 82 valence electrons. The molecule has 0 aliphatic heterocycles. The monoisotopic (exact) mass is 268 g/mol. The summed E-state index contributed by atoms with van der Waals surface area (Å²) in [5.74, 6) is 0. The maximum atomic E-state index is 5.81. The number of anilines is 1. The van der Waals surface area contributed by atoms with E-state index in [1.165, 1.54) is 24.9 Å². The van der Waals surface area contributed by atoms with E-state index in [2.05, 4.69) is 45.5 Å². The number of hydrogen-bond acceptors (Lipinski definition) is 2. The standard InChI is InChI=1S/C12H17BrN2/c13-10-2-4-11(5-3-10)15-9-12(8-14)6-1-7-12/h2-5,15H,1,6-9,14H2. The quantitative estimate of drug-likeness (QED) is 0.881. The Hall–Kier alpha value is -0.540. The molecule has 3 N–H and O–H groups in total. The lowest BCUT2D eigenvalue weighted by atomic mass is 9.69. The molecule has 0 heterocycles. The zero-order valence-electron chi connectivity index (χ0n) is 8.80. The summed E-state index contributed by atoms with van der Waals surface area (Å²) in [5, 5.41) is 3.46. The third kappa shape index (κ3) is 2.52. The van der Waals surface area contributed by atoms with Crippen LogP contribution in [0.3, 0.4) is 0 Å². The molecule has 0 atom stereocenters. The average Bonchev–Trinajstić information content (AvgIpc) is 2.20. The second kappa shape index (κ2) is 4.54. The fraction of sp³-hybridized carbons (Fsp3) is 0.500. The van der Waals surface area contributed by atoms with Crippen LogP contribution in [0.4, 0.5) is 5.69 Å². The number of nitrogens with two attached hydrogens (primary N) is 1. The van der Waals surface area contributed by atoms with Gasteiger partial charge in [0.1, 0.15) is 0 Å². The number of rotatable bonds is 4. The molecule has 2 nitrogen and oxygen atoms in total. The van der Waals surface area contributed by atoms with E-state index in [-0.39, 0.29) is 0 Å². The Morgan fingerprint density at radius 3 is 2.40 bits per heavy atom. The van der Waals surface area contributed by atoms with Gasteiger partial charge in [-0.3, -0.25) is 0 Å². The number of nitrogens with one attached hydrogen (secondary N) is 1. The first-order valence-electron chi connectivity index (χ1n) is 5.44. The summed E-state index contributed by atoms with van der Waals surface area (Å²) >= 11 is 3.43. The van der Waals surface area contributed by atoms with Crippen LogP contribution < -0.4 is 11.1 Å². The SMILES string of the molecule is NCC1(CNc2ccc(Br)cc2)CCC1. The minimum absolute atomic E-state index is 0.368. The summed E-state index contributed by atoms with van der Waals surface area (Å²) in [5.41, 5.74) is 7.36. The van der Waals surface area contributed by atoms with Gasteiger partial charge in [0.25, 0.3) is 0 Å². The van der Waals surface area contributed by atoms with E-state index in [9.17, 15) is 0 Å². The smallest absolute Gasteiger partial charge is 0.0341 e. The molecule has 0 amide bonds. The van der Waals surface area contributed by atoms with E-state index in [0.29, 0.717) is 5.41 Å². The molecule has 0 unspecified atom stereocenters. The Balaban J connectivity index is 1.90. The lowest BCUT2D eigenvalue weighted by Gasteiger charge is -2.41. The zero-order chi connectivity index (χ0) is 10.7. The Labute approximate surface area is 99.4 Å². The summed E-state index contributed by atoms with van der Waals surface area (Å²) < 4.78 is 1.12. The molecule has 1 aromatic rings. The van der Waals surface area contributed by atoms with Crippen molar-refractivity contribution in [2.75, 3.05) is 18.4 Å². The van der Waals surface area contributed by atoms with Crippen molar-refractivity contribution in [1.29, 1.82) is 0 Å². The first kappa shape index (κ1) is 11.0. The van der Waals surface area contributed by atoms with E-state index >= 15 is 0 Å². The predicted octanol–water partition coefficient (Wildman–Crippen LogP) is 2.99. The van der Waals surface area contributed by atoms with Gasteiger partial charge in [-0.15, -0.1) is 0 Å². The van der Waals surface area contributed by atoms with E-state index < -0.39 is 0 Å². The maximum absolute atomic E-state index is 5.81. The van der Waals surface area contributed by atoms with Crippen LogP contribution in [0.1, 0.15) is 19.3 Å². The van der Waals surface area contributed by atoms with Gasteiger partial charge in [0.2, 0.25) is 0 Å². The van der Waals surface area contributed by atoms with Gasteiger partial charge in [-0.25, -0.2) is 0 Å². The minimum atomic E-state index is 0.368. The van der Waals surface area contributed by atoms with Crippen LogP contribution in [0.5, 0.6) is 0 Å². The maximum Gasteiger partial charge on any atom is 0.0341 e. The molecular formula is C12H17BrN2. The van der Waals surface area contributed by atoms with Crippen molar-refractivity contribution >= 4 is 21.6 Å². The molecule has 1 saturated carbocycles. The van der Waals surface area contributed by atoms with Gasteiger partial charge in [-0.05, 0) is 49.1 Å². The van der Waals surface area contributed by atoms with Gasteiger partial charge in [-0.1, -0.05) is 22.4 Å². The second-order valence-electron chi connectivity index (χ2n) is 4.42. The number of halogens is 1. The van der Waals surface area contributed by atoms with Crippen molar-refractivity contribution in [3.8, 4) is 0 Å². The van der Waals surface area contributed by atoms with Crippen molar-refractivity contribution in [2.45, 2.75) is 19.3 Å². The predicted molar refractivity (Wildman–Crippen MR) is 68.0 cm³/mol. The normalized spacial score (nSPS) is 18.3. The van der Waals surface area contributed by atoms with Gasteiger partial charge < -0.3 is 11.1 Å². The van der Waals surface area contributed by atoms with Gasteiger partial charge in [0, 0.05) is 16.7 Å². The van der Waals surface area contributed by atoms with Gasteiger partial charge in [0.05, 0.1) is 0 Å². The van der Waals surface area contributed by atoms with Crippen molar-refractivity contribution in [3.63, 3.8) is 0 Å². The summed E-state index contributed by atoms with van der Waals surface area (Å²) in [4.78, 5) is 0. The van der Waals surface area contributed by atoms with Gasteiger partial charge in [0.15, 0.2) is 0 Å². The van der Waals surface area contributed by atoms with Gasteiger partial charge in [-0.2, -0.15) is 0 Å². The molecular weight excluding hydrogens is 252 g/mol. The summed E-state index contributed by atoms with van der Waals surface area (Å²) in [6.45, 7) is 1.81. The fourth-order valence-electron chi connectivity index (χ4n) is 1.99. The summed E-state index contributed by atoms with van der Waals surface area (Å²) in [7, 11) is 0. The first-order valence-corrected chi connectivity index (χ1v) is 6.23. The highest BCUT2D eigenvalue weighted by molar-refractivity contribution is 9.10. The van der Waals surface area contributed by atoms with Crippen LogP contribution in [0.2, 0.25) is 0 Å². The molecule has 1 aromatic carbocycles. The Morgan fingerprint density at radius 1 is 1.27 bits per heavy atom. The van der Waals surface area contributed by atoms with E-state index in [4.69, 9.17) is 5.73 Å². The van der Waals surface area contributed by atoms with E-state index in [0.717, 1.165) is 17.6 Å². The highest BCUT2D eigenvalue weighted by Gasteiger charge is 2.35. The molecule has 0 saturated heterocycles. The molecule has 15 heavy (non-hydrogen) atoms. The lowest BCUT2D eigenvalue weighted by molar-refractivity contribution is 0.163. The Morgan fingerprint density at radius 2 is 1.93 bits per heavy atom. The van der Waals surface area contributed by atoms with Crippen LogP contribution in [-0.4, -0.2) is 13.1 Å². The molecule has 0 spiro atoms. The van der Waals surface area contributed by atoms with Crippen LogP contribution >= 0.6 is 15.9 Å². The van der Waals surface area contributed by atoms with Crippen molar-refractivity contribution in [2.24, 2.45) is 11.1 Å². The molecule has 0 bridgehead atoms. The van der Waals surface area contributed by atoms with Crippen LogP contribution in [-0.2, 0) is 0 Å². The topological polar surface area (TPSA) is 38.0 Å². The molecule has 0 aromatic heterocycles. The van der Waals surface area contributed by atoms with Crippen LogP contribution in [0.15, 0.2) is 28.7 Å². The van der Waals surface area contributed by atoms with Crippen molar-refractivity contribution in [1.82, 2.24) is 0 Å². The third-order valence-electron chi connectivity index (χ3n) is 3.36. The van der Waals surface area contributed by atoms with Crippen molar-refractivity contribution < 1.29 is 0 Å². The van der Waals surface area contributed by atoms with Crippen LogP contribution in [0.25, 0.3) is 0 Å². The molecule has 3 heteroatoms. The molecule has 0 radical (unpaired) electrons. The average molecular weight is 269 g/mol. The fourth-order valence-corrected chi connectivity index (χ4v) is 2.25. The zero-order valence-corrected chi connectivity index (χ0v) is 10.4. The van der Waals surface area contributed by atoms with Crippen molar-refractivity contribution in [3.05, 3.63) is 28.7 Å². The molecule has 2 rings (SSSR count). The minimum Gasteiger partial charge on any atom is -0.384 e. The highest BCUT2D eigenvalue weighted by atomic mass is 79.9.